The molecular weight excluding hydrogens is 254 g/mol. The lowest BCUT2D eigenvalue weighted by molar-refractivity contribution is -0.125. The number of carbonyl (C=O) groups is 2. The fourth-order valence-corrected chi connectivity index (χ4v) is 1.99. The van der Waals surface area contributed by atoms with E-state index in [1.165, 1.54) is 0 Å². The standard InChI is InChI=1S/C9H18N2O.C6H9NO/c1-5-6-8(11(3)4)7(2)9(10)12;1-2-7-5-3-4-6(7)8/h5-6H2,1-4H3,(H2,10,12);2H,1,3-5H2/b8-7+;. The van der Waals surface area contributed by atoms with E-state index >= 15 is 0 Å². The highest BCUT2D eigenvalue weighted by Gasteiger charge is 2.16. The van der Waals surface area contributed by atoms with Gasteiger partial charge < -0.3 is 15.5 Å². The van der Waals surface area contributed by atoms with Gasteiger partial charge in [-0.25, -0.2) is 0 Å². The van der Waals surface area contributed by atoms with Gasteiger partial charge in [0.05, 0.1) is 0 Å². The fourth-order valence-electron chi connectivity index (χ4n) is 1.99. The van der Waals surface area contributed by atoms with Gasteiger partial charge in [0.25, 0.3) is 0 Å². The van der Waals surface area contributed by atoms with Crippen molar-refractivity contribution in [2.45, 2.75) is 39.5 Å². The van der Waals surface area contributed by atoms with E-state index in [9.17, 15) is 9.59 Å². The molecule has 2 N–H and O–H groups in total. The lowest BCUT2D eigenvalue weighted by Crippen LogP contribution is -2.20. The molecule has 1 saturated heterocycles. The van der Waals surface area contributed by atoms with E-state index in [4.69, 9.17) is 5.73 Å². The maximum atomic E-state index is 10.9. The van der Waals surface area contributed by atoms with Crippen LogP contribution < -0.4 is 5.73 Å². The molecule has 2 amide bonds. The summed E-state index contributed by atoms with van der Waals surface area (Å²) < 4.78 is 0. The smallest absolute Gasteiger partial charge is 0.246 e. The Hall–Kier alpha value is -1.78. The highest BCUT2D eigenvalue weighted by Crippen LogP contribution is 2.12. The van der Waals surface area contributed by atoms with Crippen molar-refractivity contribution in [1.82, 2.24) is 9.80 Å². The summed E-state index contributed by atoms with van der Waals surface area (Å²) >= 11 is 0. The van der Waals surface area contributed by atoms with E-state index in [1.807, 2.05) is 19.0 Å². The molecule has 0 unspecified atom stereocenters. The van der Waals surface area contributed by atoms with Gasteiger partial charge >= 0.3 is 0 Å². The van der Waals surface area contributed by atoms with Gasteiger partial charge in [-0.1, -0.05) is 19.9 Å². The molecule has 5 nitrogen and oxygen atoms in total. The zero-order valence-electron chi connectivity index (χ0n) is 13.1. The topological polar surface area (TPSA) is 66.6 Å². The van der Waals surface area contributed by atoms with Crippen molar-refractivity contribution in [1.29, 1.82) is 0 Å². The van der Waals surface area contributed by atoms with Crippen LogP contribution in [0.4, 0.5) is 0 Å². The first kappa shape index (κ1) is 18.2. The number of nitrogens with zero attached hydrogens (tertiary/aromatic N) is 2. The van der Waals surface area contributed by atoms with Crippen LogP contribution in [0.5, 0.6) is 0 Å². The minimum atomic E-state index is -0.327. The number of amides is 2. The summed E-state index contributed by atoms with van der Waals surface area (Å²) in [6.45, 7) is 8.21. The lowest BCUT2D eigenvalue weighted by Gasteiger charge is -2.18. The van der Waals surface area contributed by atoms with Crippen molar-refractivity contribution in [2.75, 3.05) is 20.6 Å². The second-order valence-electron chi connectivity index (χ2n) is 4.95. The second-order valence-corrected chi connectivity index (χ2v) is 4.95. The van der Waals surface area contributed by atoms with E-state index in [1.54, 1.807) is 18.0 Å². The highest BCUT2D eigenvalue weighted by molar-refractivity contribution is 5.91. The maximum Gasteiger partial charge on any atom is 0.246 e. The second kappa shape index (κ2) is 9.18. The van der Waals surface area contributed by atoms with Crippen LogP contribution in [0.15, 0.2) is 24.0 Å². The fraction of sp³-hybridized carbons (Fsp3) is 0.600. The third-order valence-corrected chi connectivity index (χ3v) is 3.16. The number of hydrogen-bond donors (Lipinski definition) is 1. The van der Waals surface area contributed by atoms with Crippen LogP contribution in [0.1, 0.15) is 39.5 Å². The molecule has 0 aromatic carbocycles. The third kappa shape index (κ3) is 5.91. The Morgan fingerprint density at radius 2 is 2.10 bits per heavy atom. The van der Waals surface area contributed by atoms with Gasteiger partial charge in [-0.2, -0.15) is 0 Å². The molecule has 1 aliphatic heterocycles. The van der Waals surface area contributed by atoms with E-state index < -0.39 is 0 Å². The lowest BCUT2D eigenvalue weighted by atomic mass is 10.1. The van der Waals surface area contributed by atoms with Crippen molar-refractivity contribution in [3.63, 3.8) is 0 Å². The summed E-state index contributed by atoms with van der Waals surface area (Å²) in [7, 11) is 3.86. The summed E-state index contributed by atoms with van der Waals surface area (Å²) in [6.07, 6.45) is 5.21. The molecule has 0 aliphatic carbocycles. The summed E-state index contributed by atoms with van der Waals surface area (Å²) in [5.41, 5.74) is 6.88. The quantitative estimate of drug-likeness (QED) is 0.782. The Kier molecular flexibility index (Phi) is 8.36. The molecule has 0 saturated carbocycles. The van der Waals surface area contributed by atoms with Crippen LogP contribution in [-0.4, -0.2) is 42.3 Å². The maximum absolute atomic E-state index is 10.9. The Morgan fingerprint density at radius 1 is 1.50 bits per heavy atom. The van der Waals surface area contributed by atoms with Crippen molar-refractivity contribution >= 4 is 11.8 Å². The van der Waals surface area contributed by atoms with Gasteiger partial charge in [0, 0.05) is 38.3 Å². The average molecular weight is 281 g/mol. The average Bonchev–Trinajstić information content (AvgIpc) is 2.80. The molecule has 0 radical (unpaired) electrons. The van der Waals surface area contributed by atoms with Crippen LogP contribution in [0.25, 0.3) is 0 Å². The first-order valence-corrected chi connectivity index (χ1v) is 6.94. The minimum absolute atomic E-state index is 0.208. The predicted octanol–water partition coefficient (Wildman–Crippen LogP) is 1.86. The summed E-state index contributed by atoms with van der Waals surface area (Å²) in [4.78, 5) is 25.1. The molecule has 20 heavy (non-hydrogen) atoms. The van der Waals surface area contributed by atoms with Crippen LogP contribution in [0.3, 0.4) is 0 Å². The van der Waals surface area contributed by atoms with Gasteiger partial charge in [-0.15, -0.1) is 0 Å². The largest absolute Gasteiger partial charge is 0.381 e. The number of hydrogen-bond acceptors (Lipinski definition) is 3. The highest BCUT2D eigenvalue weighted by atomic mass is 16.2. The number of nitrogens with two attached hydrogens (primary N) is 1. The SMILES string of the molecule is C=CN1CCCC1=O.CCC/C(=C(/C)C(N)=O)N(C)C. The first-order valence-electron chi connectivity index (χ1n) is 6.94. The molecule has 0 aromatic rings. The Morgan fingerprint density at radius 3 is 2.35 bits per heavy atom. The number of primary amides is 1. The van der Waals surface area contributed by atoms with E-state index in [0.29, 0.717) is 12.0 Å². The van der Waals surface area contributed by atoms with Gasteiger partial charge in [0.2, 0.25) is 11.8 Å². The minimum Gasteiger partial charge on any atom is -0.381 e. The van der Waals surface area contributed by atoms with Crippen molar-refractivity contribution in [3.05, 3.63) is 24.0 Å². The van der Waals surface area contributed by atoms with Crippen LogP contribution in [-0.2, 0) is 9.59 Å². The number of carbonyl (C=O) groups excluding carboxylic acids is 2. The number of likely N-dealkylation sites (tertiary alicyclic amines) is 1. The van der Waals surface area contributed by atoms with E-state index in [0.717, 1.165) is 31.5 Å². The summed E-state index contributed by atoms with van der Waals surface area (Å²) in [5.74, 6) is -0.118. The predicted molar refractivity (Wildman–Crippen MR) is 81.6 cm³/mol. The molecule has 5 heteroatoms. The molecule has 114 valence electrons. The molecule has 0 aromatic heterocycles. The molecule has 1 heterocycles. The van der Waals surface area contributed by atoms with E-state index in [-0.39, 0.29) is 11.8 Å². The molecule has 0 spiro atoms. The van der Waals surface area contributed by atoms with Crippen molar-refractivity contribution < 1.29 is 9.59 Å². The molecule has 0 atom stereocenters. The number of rotatable bonds is 5. The monoisotopic (exact) mass is 281 g/mol. The first-order chi connectivity index (χ1) is 9.34. The molecule has 1 rings (SSSR count). The van der Waals surface area contributed by atoms with E-state index in [2.05, 4.69) is 13.5 Å². The number of allylic oxidation sites excluding steroid dienone is 1. The van der Waals surface area contributed by atoms with Crippen LogP contribution >= 0.6 is 0 Å². The Labute approximate surface area is 122 Å². The van der Waals surface area contributed by atoms with Gasteiger partial charge in [0.15, 0.2) is 0 Å². The summed E-state index contributed by atoms with van der Waals surface area (Å²) in [5, 5.41) is 0. The van der Waals surface area contributed by atoms with Crippen molar-refractivity contribution in [3.8, 4) is 0 Å². The zero-order chi connectivity index (χ0) is 15.7. The third-order valence-electron chi connectivity index (χ3n) is 3.16. The molecule has 1 fully saturated rings. The molecule has 1 aliphatic rings. The van der Waals surface area contributed by atoms with Crippen molar-refractivity contribution in [2.24, 2.45) is 5.73 Å². The summed E-state index contributed by atoms with van der Waals surface area (Å²) in [6, 6.07) is 0. The Balaban J connectivity index is 0.000000388. The van der Waals surface area contributed by atoms with Gasteiger partial charge in [-0.05, 0) is 26.0 Å². The normalized spacial score (nSPS) is 15.2. The molecular formula is C15H27N3O2. The zero-order valence-corrected chi connectivity index (χ0v) is 13.1. The van der Waals surface area contributed by atoms with Gasteiger partial charge in [0.1, 0.15) is 0 Å². The Bertz CT molecular complexity index is 387. The van der Waals surface area contributed by atoms with Crippen LogP contribution in [0, 0.1) is 0 Å². The van der Waals surface area contributed by atoms with Gasteiger partial charge in [-0.3, -0.25) is 9.59 Å². The van der Waals surface area contributed by atoms with Crippen LogP contribution in [0.2, 0.25) is 0 Å². The molecule has 0 bridgehead atoms.